The Bertz CT molecular complexity index is 1200. The Kier molecular flexibility index (Phi) is 5.68. The molecule has 0 amide bonds. The average Bonchev–Trinajstić information content (AvgIpc) is 3.10. The molecule has 0 atom stereocenters. The van der Waals surface area contributed by atoms with Gasteiger partial charge in [0.25, 0.3) is 0 Å². The normalized spacial score (nSPS) is 11.5. The number of rotatable bonds is 6. The molecule has 0 bridgehead atoms. The van der Waals surface area contributed by atoms with Gasteiger partial charge in [0.1, 0.15) is 11.3 Å². The Morgan fingerprint density at radius 2 is 1.83 bits per heavy atom. The van der Waals surface area contributed by atoms with E-state index < -0.39 is 0 Å². The van der Waals surface area contributed by atoms with E-state index in [0.29, 0.717) is 16.6 Å². The largest absolute Gasteiger partial charge is 0.494 e. The van der Waals surface area contributed by atoms with Crippen molar-refractivity contribution in [1.82, 2.24) is 9.97 Å². The van der Waals surface area contributed by atoms with E-state index in [9.17, 15) is 0 Å². The fourth-order valence-electron chi connectivity index (χ4n) is 3.89. The van der Waals surface area contributed by atoms with E-state index in [1.165, 1.54) is 0 Å². The van der Waals surface area contributed by atoms with Crippen LogP contribution in [-0.2, 0) is 6.42 Å². The molecule has 2 heterocycles. The molecule has 2 aromatic heterocycles. The minimum atomic E-state index is 0.655. The van der Waals surface area contributed by atoms with Crippen LogP contribution >= 0.6 is 23.2 Å². The third kappa shape index (κ3) is 3.57. The van der Waals surface area contributed by atoms with Crippen LogP contribution in [0.1, 0.15) is 24.1 Å². The second-order valence-corrected chi connectivity index (χ2v) is 7.98. The molecule has 0 aliphatic rings. The number of halogens is 2. The van der Waals surface area contributed by atoms with Gasteiger partial charge in [-0.2, -0.15) is 0 Å². The zero-order valence-corrected chi connectivity index (χ0v) is 18.0. The molecule has 0 unspecified atom stereocenters. The summed E-state index contributed by atoms with van der Waals surface area (Å²) in [5, 5.41) is 3.35. The van der Waals surface area contributed by atoms with E-state index in [-0.39, 0.29) is 0 Å². The SMILES string of the molecule is COc1ccc(-c2[nH]c3c(Cl)ccc(Cl)c3c2CCCCN)c2ccc(C)nc12. The van der Waals surface area contributed by atoms with Gasteiger partial charge >= 0.3 is 0 Å². The van der Waals surface area contributed by atoms with Crippen molar-refractivity contribution < 1.29 is 4.74 Å². The first-order chi connectivity index (χ1) is 14.0. The van der Waals surface area contributed by atoms with Gasteiger partial charge in [-0.15, -0.1) is 0 Å². The summed E-state index contributed by atoms with van der Waals surface area (Å²) in [5.41, 5.74) is 11.6. The predicted octanol–water partition coefficient (Wildman–Crippen LogP) is 6.29. The zero-order chi connectivity index (χ0) is 20.5. The number of nitrogens with two attached hydrogens (primary N) is 1. The third-order valence-corrected chi connectivity index (χ3v) is 5.92. The molecule has 2 aromatic carbocycles. The van der Waals surface area contributed by atoms with Crippen LogP contribution in [0.25, 0.3) is 33.1 Å². The van der Waals surface area contributed by atoms with Crippen molar-refractivity contribution in [3.05, 3.63) is 57.7 Å². The van der Waals surface area contributed by atoms with Crippen molar-refractivity contribution in [2.45, 2.75) is 26.2 Å². The van der Waals surface area contributed by atoms with Crippen molar-refractivity contribution in [2.75, 3.05) is 13.7 Å². The van der Waals surface area contributed by atoms with E-state index in [0.717, 1.165) is 69.3 Å². The van der Waals surface area contributed by atoms with E-state index in [2.05, 4.69) is 17.1 Å². The number of aryl methyl sites for hydroxylation is 2. The minimum Gasteiger partial charge on any atom is -0.494 e. The van der Waals surface area contributed by atoms with Gasteiger partial charge in [0, 0.05) is 22.0 Å². The first-order valence-electron chi connectivity index (χ1n) is 9.68. The monoisotopic (exact) mass is 427 g/mol. The smallest absolute Gasteiger partial charge is 0.145 e. The van der Waals surface area contributed by atoms with Crippen LogP contribution in [0.2, 0.25) is 10.0 Å². The van der Waals surface area contributed by atoms with Gasteiger partial charge in [0.15, 0.2) is 0 Å². The van der Waals surface area contributed by atoms with Gasteiger partial charge in [-0.3, -0.25) is 0 Å². The molecular weight excluding hydrogens is 405 g/mol. The molecule has 0 aliphatic heterocycles. The van der Waals surface area contributed by atoms with Crippen LogP contribution in [0.15, 0.2) is 36.4 Å². The summed E-state index contributed by atoms with van der Waals surface area (Å²) in [4.78, 5) is 8.26. The van der Waals surface area contributed by atoms with Crippen molar-refractivity contribution in [3.63, 3.8) is 0 Å². The number of hydrogen-bond donors (Lipinski definition) is 2. The molecule has 0 saturated carbocycles. The number of ether oxygens (including phenoxy) is 1. The lowest BCUT2D eigenvalue weighted by molar-refractivity contribution is 0.419. The first-order valence-corrected chi connectivity index (χ1v) is 10.4. The summed E-state index contributed by atoms with van der Waals surface area (Å²) < 4.78 is 5.55. The van der Waals surface area contributed by atoms with Gasteiger partial charge in [0.2, 0.25) is 0 Å². The lowest BCUT2D eigenvalue weighted by atomic mass is 9.97. The van der Waals surface area contributed by atoms with Crippen LogP contribution in [0.4, 0.5) is 0 Å². The number of fused-ring (bicyclic) bond motifs is 2. The van der Waals surface area contributed by atoms with Gasteiger partial charge in [-0.25, -0.2) is 4.98 Å². The maximum absolute atomic E-state index is 6.60. The van der Waals surface area contributed by atoms with Gasteiger partial charge in [-0.05, 0) is 68.6 Å². The van der Waals surface area contributed by atoms with Gasteiger partial charge < -0.3 is 15.5 Å². The van der Waals surface area contributed by atoms with Gasteiger partial charge in [-0.1, -0.05) is 29.3 Å². The Morgan fingerprint density at radius 1 is 1.03 bits per heavy atom. The number of methoxy groups -OCH3 is 1. The summed E-state index contributed by atoms with van der Waals surface area (Å²) in [6.07, 6.45) is 2.79. The van der Waals surface area contributed by atoms with Crippen LogP contribution in [0.5, 0.6) is 5.75 Å². The van der Waals surface area contributed by atoms with E-state index in [1.807, 2.05) is 31.2 Å². The maximum Gasteiger partial charge on any atom is 0.145 e. The number of hydrogen-bond acceptors (Lipinski definition) is 3. The highest BCUT2D eigenvalue weighted by atomic mass is 35.5. The topological polar surface area (TPSA) is 63.9 Å². The molecule has 0 fully saturated rings. The number of benzene rings is 2. The first kappa shape index (κ1) is 20.0. The molecule has 150 valence electrons. The van der Waals surface area contributed by atoms with Crippen LogP contribution < -0.4 is 10.5 Å². The summed E-state index contributed by atoms with van der Waals surface area (Å²) in [6, 6.07) is 11.8. The van der Waals surface area contributed by atoms with Crippen molar-refractivity contribution in [3.8, 4) is 17.0 Å². The molecule has 0 radical (unpaired) electrons. The van der Waals surface area contributed by atoms with E-state index in [4.69, 9.17) is 38.7 Å². The zero-order valence-electron chi connectivity index (χ0n) is 16.5. The lowest BCUT2D eigenvalue weighted by Crippen LogP contribution is -1.99. The number of aromatic amines is 1. The molecule has 0 spiro atoms. The van der Waals surface area contributed by atoms with Crippen LogP contribution in [0.3, 0.4) is 0 Å². The number of nitrogens with zero attached hydrogens (tertiary/aromatic N) is 1. The van der Waals surface area contributed by atoms with Gasteiger partial charge in [0.05, 0.1) is 28.4 Å². The number of unbranched alkanes of at least 4 members (excludes halogenated alkanes) is 1. The molecule has 0 aliphatic carbocycles. The van der Waals surface area contributed by atoms with Crippen molar-refractivity contribution in [1.29, 1.82) is 0 Å². The summed E-state index contributed by atoms with van der Waals surface area (Å²) in [5.74, 6) is 0.754. The van der Waals surface area contributed by atoms with Crippen molar-refractivity contribution >= 4 is 45.0 Å². The van der Waals surface area contributed by atoms with Crippen molar-refractivity contribution in [2.24, 2.45) is 5.73 Å². The summed E-state index contributed by atoms with van der Waals surface area (Å²) >= 11 is 13.1. The molecule has 4 rings (SSSR count). The lowest BCUT2D eigenvalue weighted by Gasteiger charge is -2.12. The summed E-state index contributed by atoms with van der Waals surface area (Å²) in [6.45, 7) is 2.65. The quantitative estimate of drug-likeness (QED) is 0.355. The Labute approximate surface area is 180 Å². The maximum atomic E-state index is 6.60. The van der Waals surface area contributed by atoms with Crippen LogP contribution in [0, 0.1) is 6.92 Å². The number of H-pyrrole nitrogens is 1. The number of pyridine rings is 1. The minimum absolute atomic E-state index is 0.655. The highest BCUT2D eigenvalue weighted by Gasteiger charge is 2.20. The molecule has 6 heteroatoms. The second-order valence-electron chi connectivity index (χ2n) is 7.17. The summed E-state index contributed by atoms with van der Waals surface area (Å²) in [7, 11) is 1.67. The molecule has 3 N–H and O–H groups in total. The Balaban J connectivity index is 2.02. The van der Waals surface area contributed by atoms with E-state index >= 15 is 0 Å². The standard InChI is InChI=1S/C23H23Cl2N3O/c1-13-6-7-15-14(8-11-19(29-2)22(15)27-13)21-16(5-3-4-12-26)20-17(24)9-10-18(25)23(20)28-21/h6-11,28H,3-5,12,26H2,1-2H3. The highest BCUT2D eigenvalue weighted by molar-refractivity contribution is 6.40. The molecule has 29 heavy (non-hydrogen) atoms. The molecule has 4 aromatic rings. The fourth-order valence-corrected chi connectivity index (χ4v) is 4.37. The molecular formula is C23H23Cl2N3O. The Hall–Kier alpha value is -2.27. The third-order valence-electron chi connectivity index (χ3n) is 5.29. The molecule has 4 nitrogen and oxygen atoms in total. The number of nitrogens with one attached hydrogen (secondary N) is 1. The fraction of sp³-hybridized carbons (Fsp3) is 0.261. The molecule has 0 saturated heterocycles. The highest BCUT2D eigenvalue weighted by Crippen LogP contribution is 2.41. The van der Waals surface area contributed by atoms with E-state index in [1.54, 1.807) is 7.11 Å². The predicted molar refractivity (Wildman–Crippen MR) is 122 cm³/mol. The average molecular weight is 428 g/mol. The van der Waals surface area contributed by atoms with Crippen LogP contribution in [-0.4, -0.2) is 23.6 Å². The Morgan fingerprint density at radius 3 is 2.59 bits per heavy atom. The number of aromatic nitrogens is 2. The second kappa shape index (κ2) is 8.23.